The molecule has 3 rings (SSSR count). The molecule has 0 aliphatic rings. The number of halogens is 1. The number of nitrogens with zero attached hydrogens (tertiary/aromatic N) is 1. The number of benzene rings is 2. The van der Waals surface area contributed by atoms with Crippen LogP contribution in [0.25, 0.3) is 11.0 Å². The van der Waals surface area contributed by atoms with Crippen molar-refractivity contribution in [1.82, 2.24) is 9.97 Å². The van der Waals surface area contributed by atoms with E-state index in [1.54, 1.807) is 18.2 Å². The molecule has 0 saturated carbocycles. The largest absolute Gasteiger partial charge is 0.494 e. The number of rotatable bonds is 3. The molecule has 3 aromatic rings. The number of aromatic nitrogens is 2. The van der Waals surface area contributed by atoms with Gasteiger partial charge in [-0.1, -0.05) is 0 Å². The Bertz CT molecular complexity index is 769. The predicted octanol–water partition coefficient (Wildman–Crippen LogP) is 3.04. The molecule has 0 bridgehead atoms. The molecule has 0 spiro atoms. The van der Waals surface area contributed by atoms with Gasteiger partial charge in [-0.2, -0.15) is 0 Å². The Morgan fingerprint density at radius 1 is 1.25 bits per heavy atom. The molecule has 0 radical (unpaired) electrons. The van der Waals surface area contributed by atoms with Gasteiger partial charge in [0.1, 0.15) is 11.6 Å². The lowest BCUT2D eigenvalue weighted by atomic mass is 10.3. The monoisotopic (exact) mass is 272 g/mol. The highest BCUT2D eigenvalue weighted by Crippen LogP contribution is 2.28. The molecule has 102 valence electrons. The number of imidazole rings is 1. The Hall–Kier alpha value is -2.76. The van der Waals surface area contributed by atoms with Gasteiger partial charge in [0, 0.05) is 11.8 Å². The summed E-state index contributed by atoms with van der Waals surface area (Å²) >= 11 is 0. The summed E-state index contributed by atoms with van der Waals surface area (Å²) in [7, 11) is 1.49. The van der Waals surface area contributed by atoms with Crippen LogP contribution in [0.2, 0.25) is 0 Å². The van der Waals surface area contributed by atoms with E-state index in [9.17, 15) is 4.39 Å². The quantitative estimate of drug-likeness (QED) is 0.640. The van der Waals surface area contributed by atoms with Crippen molar-refractivity contribution in [3.8, 4) is 5.75 Å². The topological polar surface area (TPSA) is 76.0 Å². The number of nitrogens with two attached hydrogens (primary N) is 1. The van der Waals surface area contributed by atoms with Gasteiger partial charge in [0.15, 0.2) is 0 Å². The first-order valence-electron chi connectivity index (χ1n) is 6.01. The zero-order valence-electron chi connectivity index (χ0n) is 10.8. The smallest absolute Gasteiger partial charge is 0.205 e. The van der Waals surface area contributed by atoms with Crippen molar-refractivity contribution in [3.63, 3.8) is 0 Å². The summed E-state index contributed by atoms with van der Waals surface area (Å²) in [5.74, 6) is 0.588. The molecule has 0 atom stereocenters. The number of aromatic amines is 1. The van der Waals surface area contributed by atoms with E-state index in [2.05, 4.69) is 15.3 Å². The molecule has 0 unspecified atom stereocenters. The minimum Gasteiger partial charge on any atom is -0.494 e. The average molecular weight is 272 g/mol. The highest BCUT2D eigenvalue weighted by molar-refractivity contribution is 5.81. The van der Waals surface area contributed by atoms with E-state index in [-0.39, 0.29) is 5.82 Å². The van der Waals surface area contributed by atoms with E-state index in [0.29, 0.717) is 23.1 Å². The Morgan fingerprint density at radius 3 is 2.90 bits per heavy atom. The molecule has 2 aromatic carbocycles. The lowest BCUT2D eigenvalue weighted by Gasteiger charge is -2.08. The number of anilines is 3. The predicted molar refractivity (Wildman–Crippen MR) is 76.7 cm³/mol. The Morgan fingerprint density at radius 2 is 2.10 bits per heavy atom. The summed E-state index contributed by atoms with van der Waals surface area (Å²) in [6, 6.07) is 9.67. The second-order valence-corrected chi connectivity index (χ2v) is 4.33. The summed E-state index contributed by atoms with van der Waals surface area (Å²) in [5, 5.41) is 3.06. The highest BCUT2D eigenvalue weighted by Gasteiger charge is 2.08. The van der Waals surface area contributed by atoms with E-state index in [1.165, 1.54) is 19.2 Å². The normalized spacial score (nSPS) is 10.7. The fraction of sp³-hybridized carbons (Fsp3) is 0.0714. The first-order chi connectivity index (χ1) is 9.65. The lowest BCUT2D eigenvalue weighted by Crippen LogP contribution is -1.96. The first-order valence-corrected chi connectivity index (χ1v) is 6.01. The Kier molecular flexibility index (Phi) is 2.90. The van der Waals surface area contributed by atoms with Crippen molar-refractivity contribution < 1.29 is 9.13 Å². The molecule has 0 aliphatic carbocycles. The van der Waals surface area contributed by atoms with Crippen LogP contribution in [0, 0.1) is 5.82 Å². The molecular formula is C14H13FN4O. The van der Waals surface area contributed by atoms with Gasteiger partial charge in [0.2, 0.25) is 5.95 Å². The van der Waals surface area contributed by atoms with Crippen molar-refractivity contribution in [2.45, 2.75) is 0 Å². The van der Waals surface area contributed by atoms with Crippen molar-refractivity contribution in [2.75, 3.05) is 18.2 Å². The van der Waals surface area contributed by atoms with Gasteiger partial charge in [0.05, 0.1) is 23.8 Å². The Balaban J connectivity index is 1.96. The van der Waals surface area contributed by atoms with E-state index < -0.39 is 0 Å². The van der Waals surface area contributed by atoms with Crippen LogP contribution in [-0.2, 0) is 0 Å². The maximum absolute atomic E-state index is 13.1. The third kappa shape index (κ3) is 2.23. The maximum Gasteiger partial charge on any atom is 0.205 e. The van der Waals surface area contributed by atoms with Gasteiger partial charge in [-0.15, -0.1) is 0 Å². The summed E-state index contributed by atoms with van der Waals surface area (Å²) in [5.41, 5.74) is 8.62. The number of H-pyrrole nitrogens is 1. The van der Waals surface area contributed by atoms with Crippen LogP contribution in [0.1, 0.15) is 0 Å². The number of hydrogen-bond acceptors (Lipinski definition) is 4. The third-order valence-corrected chi connectivity index (χ3v) is 2.92. The van der Waals surface area contributed by atoms with E-state index in [4.69, 9.17) is 10.5 Å². The standard InChI is InChI=1S/C14H13FN4O/c1-20-13-6-8(15)2-4-11(13)18-14-17-10-5-3-9(16)7-12(10)19-14/h2-7H,16H2,1H3,(H2,17,18,19). The van der Waals surface area contributed by atoms with Crippen LogP contribution in [-0.4, -0.2) is 17.1 Å². The van der Waals surface area contributed by atoms with Gasteiger partial charge < -0.3 is 20.8 Å². The number of ether oxygens (including phenoxy) is 1. The number of methoxy groups -OCH3 is 1. The van der Waals surface area contributed by atoms with E-state index in [1.807, 2.05) is 6.07 Å². The van der Waals surface area contributed by atoms with Gasteiger partial charge >= 0.3 is 0 Å². The van der Waals surface area contributed by atoms with Crippen LogP contribution >= 0.6 is 0 Å². The number of hydrogen-bond donors (Lipinski definition) is 3. The zero-order chi connectivity index (χ0) is 14.1. The molecule has 1 heterocycles. The second kappa shape index (κ2) is 4.73. The van der Waals surface area contributed by atoms with Gasteiger partial charge in [-0.3, -0.25) is 0 Å². The minimum atomic E-state index is -0.357. The average Bonchev–Trinajstić information content (AvgIpc) is 2.82. The summed E-state index contributed by atoms with van der Waals surface area (Å²) in [4.78, 5) is 7.47. The Labute approximate surface area is 114 Å². The molecular weight excluding hydrogens is 259 g/mol. The van der Waals surface area contributed by atoms with Crippen molar-refractivity contribution in [1.29, 1.82) is 0 Å². The number of nitrogens with one attached hydrogen (secondary N) is 2. The van der Waals surface area contributed by atoms with E-state index >= 15 is 0 Å². The minimum absolute atomic E-state index is 0.357. The molecule has 0 saturated heterocycles. The summed E-state index contributed by atoms with van der Waals surface area (Å²) < 4.78 is 18.3. The second-order valence-electron chi connectivity index (χ2n) is 4.33. The van der Waals surface area contributed by atoms with Gasteiger partial charge in [-0.25, -0.2) is 9.37 Å². The molecule has 1 aromatic heterocycles. The summed E-state index contributed by atoms with van der Waals surface area (Å²) in [6.07, 6.45) is 0. The van der Waals surface area contributed by atoms with Crippen LogP contribution in [0.3, 0.4) is 0 Å². The van der Waals surface area contributed by atoms with Gasteiger partial charge in [0.25, 0.3) is 0 Å². The van der Waals surface area contributed by atoms with Crippen molar-refractivity contribution in [3.05, 3.63) is 42.2 Å². The molecule has 0 amide bonds. The summed E-state index contributed by atoms with van der Waals surface area (Å²) in [6.45, 7) is 0. The molecule has 4 N–H and O–H groups in total. The molecule has 0 aliphatic heterocycles. The molecule has 6 heteroatoms. The zero-order valence-corrected chi connectivity index (χ0v) is 10.8. The SMILES string of the molecule is COc1cc(F)ccc1Nc1nc2ccc(N)cc2[nH]1. The van der Waals surface area contributed by atoms with Crippen molar-refractivity contribution >= 4 is 28.4 Å². The molecule has 5 nitrogen and oxygen atoms in total. The number of nitrogen functional groups attached to an aromatic ring is 1. The maximum atomic E-state index is 13.1. The number of fused-ring (bicyclic) bond motifs is 1. The fourth-order valence-electron chi connectivity index (χ4n) is 1.98. The molecule has 20 heavy (non-hydrogen) atoms. The van der Waals surface area contributed by atoms with Crippen LogP contribution in [0.5, 0.6) is 5.75 Å². The van der Waals surface area contributed by atoms with Crippen LogP contribution in [0.4, 0.5) is 21.7 Å². The van der Waals surface area contributed by atoms with Crippen LogP contribution < -0.4 is 15.8 Å². The third-order valence-electron chi connectivity index (χ3n) is 2.92. The van der Waals surface area contributed by atoms with E-state index in [0.717, 1.165) is 11.0 Å². The first kappa shape index (κ1) is 12.3. The van der Waals surface area contributed by atoms with Crippen LogP contribution in [0.15, 0.2) is 36.4 Å². The highest BCUT2D eigenvalue weighted by atomic mass is 19.1. The van der Waals surface area contributed by atoms with Crippen molar-refractivity contribution in [2.24, 2.45) is 0 Å². The molecule has 0 fully saturated rings. The van der Waals surface area contributed by atoms with Gasteiger partial charge in [-0.05, 0) is 30.3 Å². The lowest BCUT2D eigenvalue weighted by molar-refractivity contribution is 0.413. The fourth-order valence-corrected chi connectivity index (χ4v) is 1.98.